The monoisotopic (exact) mass is 506 g/mol. The second kappa shape index (κ2) is 11.8. The lowest BCUT2D eigenvalue weighted by Crippen LogP contribution is -2.54. The Morgan fingerprint density at radius 3 is 2.56 bits per heavy atom. The number of methoxy groups -OCH3 is 1. The van der Waals surface area contributed by atoms with Crippen molar-refractivity contribution >= 4 is 29.3 Å². The van der Waals surface area contributed by atoms with E-state index in [4.69, 9.17) is 22.1 Å². The average Bonchev–Trinajstić information content (AvgIpc) is 2.92. The first kappa shape index (κ1) is 26.8. The van der Waals surface area contributed by atoms with Crippen LogP contribution in [-0.2, 0) is 11.2 Å². The molecule has 8 heteroatoms. The van der Waals surface area contributed by atoms with Gasteiger partial charge in [-0.25, -0.2) is 0 Å². The first-order chi connectivity index (χ1) is 16.3. The number of nitrogens with two attached hydrogens (primary N) is 1. The molecule has 0 aliphatic carbocycles. The minimum atomic E-state index is -0.859. The first-order valence-electron chi connectivity index (χ1n) is 11.8. The normalized spacial score (nSPS) is 23.7. The fraction of sp³-hybridized carbons (Fsp3) is 0.500. The second-order valence-corrected chi connectivity index (χ2v) is 10.3. The number of primary amides is 1. The average molecular weight is 507 g/mol. The summed E-state index contributed by atoms with van der Waals surface area (Å²) in [4.78, 5) is 12.7. The van der Waals surface area contributed by atoms with E-state index in [1.54, 1.807) is 7.11 Å². The van der Waals surface area contributed by atoms with Crippen LogP contribution in [0.15, 0.2) is 47.4 Å². The maximum Gasteiger partial charge on any atom is 0.222 e. The number of rotatable bonds is 10. The molecular weight excluding hydrogens is 472 g/mol. The molecule has 3 rings (SSSR count). The summed E-state index contributed by atoms with van der Waals surface area (Å²) in [5.41, 5.74) is 6.39. The largest absolute Gasteiger partial charge is 0.496 e. The van der Waals surface area contributed by atoms with Crippen LogP contribution in [0, 0.1) is 5.92 Å². The molecule has 0 radical (unpaired) electrons. The van der Waals surface area contributed by atoms with Gasteiger partial charge in [-0.1, -0.05) is 68.8 Å². The highest BCUT2D eigenvalue weighted by Crippen LogP contribution is 2.50. The number of unbranched alkanes of at least 4 members (excludes halogenated alkanes) is 1. The number of halogens is 1. The van der Waals surface area contributed by atoms with Crippen molar-refractivity contribution < 1.29 is 19.8 Å². The number of hydroxylamine groups is 2. The highest BCUT2D eigenvalue weighted by Gasteiger charge is 2.48. The maximum absolute atomic E-state index is 11.8. The highest BCUT2D eigenvalue weighted by molar-refractivity contribution is 7.99. The van der Waals surface area contributed by atoms with Crippen molar-refractivity contribution in [2.45, 2.75) is 67.9 Å². The summed E-state index contributed by atoms with van der Waals surface area (Å²) >= 11 is 7.34. The Bertz CT molecular complexity index is 977. The van der Waals surface area contributed by atoms with Crippen LogP contribution in [0.5, 0.6) is 5.75 Å². The van der Waals surface area contributed by atoms with Crippen molar-refractivity contribution in [1.82, 2.24) is 5.06 Å². The predicted molar refractivity (Wildman–Crippen MR) is 136 cm³/mol. The number of benzene rings is 2. The summed E-state index contributed by atoms with van der Waals surface area (Å²) in [7, 11) is 1.58. The maximum atomic E-state index is 11.8. The number of aliphatic hydroxyl groups excluding tert-OH is 1. The van der Waals surface area contributed by atoms with Crippen LogP contribution in [0.4, 0.5) is 0 Å². The van der Waals surface area contributed by atoms with Gasteiger partial charge in [-0.3, -0.25) is 4.79 Å². The molecule has 1 amide bonds. The molecule has 1 heterocycles. The number of hydrogen-bond acceptors (Lipinski definition) is 6. The van der Waals surface area contributed by atoms with Crippen LogP contribution in [-0.4, -0.2) is 45.2 Å². The Hall–Kier alpha value is -1.77. The Morgan fingerprint density at radius 2 is 2.00 bits per heavy atom. The summed E-state index contributed by atoms with van der Waals surface area (Å²) in [6, 6.07) is 13.1. The summed E-state index contributed by atoms with van der Waals surface area (Å²) in [5, 5.41) is 24.6. The topological polar surface area (TPSA) is 96.0 Å². The molecule has 0 spiro atoms. The van der Waals surface area contributed by atoms with Gasteiger partial charge < -0.3 is 20.8 Å². The molecule has 34 heavy (non-hydrogen) atoms. The third-order valence-corrected chi connectivity index (χ3v) is 8.49. The third kappa shape index (κ3) is 5.24. The van der Waals surface area contributed by atoms with E-state index in [0.717, 1.165) is 34.4 Å². The summed E-state index contributed by atoms with van der Waals surface area (Å²) in [6.45, 7) is 4.11. The number of alkyl halides is 1. The van der Waals surface area contributed by atoms with E-state index in [1.165, 1.54) is 16.8 Å². The van der Waals surface area contributed by atoms with Gasteiger partial charge >= 0.3 is 0 Å². The molecule has 0 saturated heterocycles. The Balaban J connectivity index is 2.21. The predicted octanol–water partition coefficient (Wildman–Crippen LogP) is 5.12. The number of ether oxygens (including phenoxy) is 1. The number of aliphatic hydroxyl groups is 1. The molecule has 1 aliphatic rings. The molecule has 186 valence electrons. The third-order valence-electron chi connectivity index (χ3n) is 6.85. The van der Waals surface area contributed by atoms with Crippen LogP contribution >= 0.6 is 23.4 Å². The summed E-state index contributed by atoms with van der Waals surface area (Å²) < 4.78 is 5.70. The molecule has 6 nitrogen and oxygen atoms in total. The molecule has 4 N–H and O–H groups in total. The van der Waals surface area contributed by atoms with E-state index in [0.29, 0.717) is 25.0 Å². The van der Waals surface area contributed by atoms with Crippen molar-refractivity contribution in [2.75, 3.05) is 13.0 Å². The van der Waals surface area contributed by atoms with E-state index < -0.39 is 28.8 Å². The number of carbonyl (C=O) groups excluding carboxylic acids is 1. The van der Waals surface area contributed by atoms with Gasteiger partial charge in [0.25, 0.3) is 0 Å². The van der Waals surface area contributed by atoms with Crippen molar-refractivity contribution in [3.05, 3.63) is 59.2 Å². The number of fused-ring (bicyclic) bond motifs is 1. The van der Waals surface area contributed by atoms with Crippen molar-refractivity contribution in [3.63, 3.8) is 0 Å². The van der Waals surface area contributed by atoms with Crippen molar-refractivity contribution in [2.24, 2.45) is 11.7 Å². The van der Waals surface area contributed by atoms with Gasteiger partial charge in [0, 0.05) is 10.8 Å². The van der Waals surface area contributed by atoms with Crippen LogP contribution in [0.25, 0.3) is 0 Å². The number of carbonyl (C=O) groups is 1. The second-order valence-electron chi connectivity index (χ2n) is 8.85. The zero-order valence-corrected chi connectivity index (χ0v) is 21.6. The van der Waals surface area contributed by atoms with E-state index in [1.807, 2.05) is 49.4 Å². The molecule has 2 aromatic carbocycles. The lowest BCUT2D eigenvalue weighted by molar-refractivity contribution is -0.217. The smallest absolute Gasteiger partial charge is 0.222 e. The number of hydrogen-bond donors (Lipinski definition) is 3. The summed E-state index contributed by atoms with van der Waals surface area (Å²) in [6.07, 6.45) is 3.41. The van der Waals surface area contributed by atoms with Crippen LogP contribution in [0.3, 0.4) is 0 Å². The number of thioether (sulfide) groups is 1. The molecule has 1 aliphatic heterocycles. The van der Waals surface area contributed by atoms with Crippen LogP contribution in [0.2, 0.25) is 0 Å². The minimum absolute atomic E-state index is 0.109. The van der Waals surface area contributed by atoms with E-state index >= 15 is 0 Å². The molecule has 0 aromatic heterocycles. The Morgan fingerprint density at radius 1 is 1.29 bits per heavy atom. The van der Waals surface area contributed by atoms with Gasteiger partial charge in [0.15, 0.2) is 0 Å². The molecule has 0 bridgehead atoms. The van der Waals surface area contributed by atoms with Gasteiger partial charge in [-0.05, 0) is 48.1 Å². The molecule has 0 fully saturated rings. The SMILES string of the molecule is CCCC[C@]1(CC)C(O)Sc2cc(CC(CCl)C(N)=O)c(OC)cc2[C@@H](c2ccccc2)N1O. The lowest BCUT2D eigenvalue weighted by Gasteiger charge is -2.44. The molecular formula is C26H35ClN2O4S. The molecule has 0 saturated carbocycles. The zero-order chi connectivity index (χ0) is 24.9. The zero-order valence-electron chi connectivity index (χ0n) is 20.0. The van der Waals surface area contributed by atoms with Crippen molar-refractivity contribution in [1.29, 1.82) is 0 Å². The van der Waals surface area contributed by atoms with Gasteiger partial charge in [-0.15, -0.1) is 11.6 Å². The van der Waals surface area contributed by atoms with Crippen LogP contribution < -0.4 is 10.5 Å². The molecule has 2 unspecified atom stereocenters. The van der Waals surface area contributed by atoms with E-state index in [2.05, 4.69) is 6.92 Å². The van der Waals surface area contributed by atoms with Gasteiger partial charge in [0.05, 0.1) is 24.6 Å². The van der Waals surface area contributed by atoms with Gasteiger partial charge in [-0.2, -0.15) is 5.06 Å². The van der Waals surface area contributed by atoms with Crippen molar-refractivity contribution in [3.8, 4) is 5.75 Å². The fourth-order valence-electron chi connectivity index (χ4n) is 4.70. The summed E-state index contributed by atoms with van der Waals surface area (Å²) in [5.74, 6) is -0.295. The quantitative estimate of drug-likeness (QED) is 0.387. The number of amides is 1. The number of nitrogens with zero attached hydrogens (tertiary/aromatic N) is 1. The van der Waals surface area contributed by atoms with Gasteiger partial charge in [0.1, 0.15) is 11.2 Å². The van der Waals surface area contributed by atoms with E-state index in [9.17, 15) is 15.1 Å². The minimum Gasteiger partial charge on any atom is -0.496 e. The molecule has 4 atom stereocenters. The Kier molecular flexibility index (Phi) is 9.29. The molecule has 2 aromatic rings. The first-order valence-corrected chi connectivity index (χ1v) is 13.2. The fourth-order valence-corrected chi connectivity index (χ4v) is 6.33. The van der Waals surface area contributed by atoms with Crippen LogP contribution in [0.1, 0.15) is 62.3 Å². The standard InChI is InChI=1S/C26H35ClN2O4S/c1-4-6-12-26(5-2)25(31)34-22-14-18(13-19(16-27)24(28)30)21(33-3)15-20(22)23(29(26)32)17-10-8-7-9-11-17/h7-11,14-15,19,23,25,31-32H,4-6,12-13,16H2,1-3H3,(H2,28,30)/t19?,23-,25?,26-/m1/s1. The Labute approximate surface area is 211 Å². The lowest BCUT2D eigenvalue weighted by atomic mass is 9.86. The highest BCUT2D eigenvalue weighted by atomic mass is 35.5. The van der Waals surface area contributed by atoms with E-state index in [-0.39, 0.29) is 5.88 Å². The van der Waals surface area contributed by atoms with Gasteiger partial charge in [0.2, 0.25) is 5.91 Å².